The first-order chi connectivity index (χ1) is 9.19. The average molecular weight is 263 g/mol. The fourth-order valence-corrected chi connectivity index (χ4v) is 2.61. The molecule has 19 heavy (non-hydrogen) atoms. The fraction of sp³-hybridized carbons (Fsp3) is 0.615. The van der Waals surface area contributed by atoms with Crippen LogP contribution in [0.1, 0.15) is 32.3 Å². The van der Waals surface area contributed by atoms with Crippen molar-refractivity contribution in [3.63, 3.8) is 0 Å². The van der Waals surface area contributed by atoms with E-state index >= 15 is 0 Å². The van der Waals surface area contributed by atoms with Crippen LogP contribution in [0, 0.1) is 0 Å². The van der Waals surface area contributed by atoms with Crippen molar-refractivity contribution in [1.29, 1.82) is 0 Å². The van der Waals surface area contributed by atoms with Crippen LogP contribution in [0.15, 0.2) is 6.33 Å². The van der Waals surface area contributed by atoms with Gasteiger partial charge in [0.15, 0.2) is 0 Å². The summed E-state index contributed by atoms with van der Waals surface area (Å²) in [6, 6.07) is -0.241. The molecule has 2 rings (SSSR count). The van der Waals surface area contributed by atoms with E-state index in [0.29, 0.717) is 0 Å². The summed E-state index contributed by atoms with van der Waals surface area (Å²) in [4.78, 5) is 22.2. The molecule has 1 saturated heterocycles. The number of aromatic nitrogens is 2. The highest BCUT2D eigenvalue weighted by atomic mass is 16.1. The maximum absolute atomic E-state index is 11.5. The smallest absolute Gasteiger partial charge is 0.240 e. The normalized spacial score (nSPS) is 18.6. The zero-order valence-corrected chi connectivity index (χ0v) is 11.5. The van der Waals surface area contributed by atoms with Gasteiger partial charge in [0.05, 0.1) is 0 Å². The molecule has 1 fully saturated rings. The van der Waals surface area contributed by atoms with E-state index in [0.717, 1.165) is 49.6 Å². The minimum atomic E-state index is -0.275. The van der Waals surface area contributed by atoms with E-state index in [9.17, 15) is 4.79 Å². The molecule has 0 spiro atoms. The zero-order chi connectivity index (χ0) is 13.8. The standard InChI is InChI=1S/C13H21N5O/c1-3-9-12(15-4-2)16-8-17-13(9)18-7-5-6-10(18)11(14)19/h8,10H,3-7H2,1-2H3,(H2,14,19)(H,15,16,17). The van der Waals surface area contributed by atoms with Crippen LogP contribution in [0.5, 0.6) is 0 Å². The van der Waals surface area contributed by atoms with Gasteiger partial charge in [0.1, 0.15) is 24.0 Å². The van der Waals surface area contributed by atoms with Gasteiger partial charge in [-0.3, -0.25) is 4.79 Å². The maximum Gasteiger partial charge on any atom is 0.240 e. The van der Waals surface area contributed by atoms with Gasteiger partial charge < -0.3 is 16.0 Å². The van der Waals surface area contributed by atoms with Gasteiger partial charge in [-0.15, -0.1) is 0 Å². The number of anilines is 2. The molecule has 6 heteroatoms. The second-order valence-electron chi connectivity index (χ2n) is 4.66. The first-order valence-electron chi connectivity index (χ1n) is 6.82. The third-order valence-electron chi connectivity index (χ3n) is 3.47. The van der Waals surface area contributed by atoms with Gasteiger partial charge in [-0.1, -0.05) is 6.92 Å². The topological polar surface area (TPSA) is 84.1 Å². The van der Waals surface area contributed by atoms with E-state index in [1.54, 1.807) is 6.33 Å². The Morgan fingerprint density at radius 3 is 2.95 bits per heavy atom. The van der Waals surface area contributed by atoms with E-state index in [1.807, 2.05) is 11.8 Å². The monoisotopic (exact) mass is 263 g/mol. The number of nitrogens with two attached hydrogens (primary N) is 1. The van der Waals surface area contributed by atoms with Gasteiger partial charge in [-0.2, -0.15) is 0 Å². The molecule has 104 valence electrons. The van der Waals surface area contributed by atoms with E-state index in [1.165, 1.54) is 0 Å². The summed E-state index contributed by atoms with van der Waals surface area (Å²) in [6.45, 7) is 5.73. The predicted octanol–water partition coefficient (Wildman–Crippen LogP) is 0.925. The molecule has 1 aliphatic rings. The summed E-state index contributed by atoms with van der Waals surface area (Å²) in [5, 5.41) is 3.24. The van der Waals surface area contributed by atoms with Gasteiger partial charge in [-0.25, -0.2) is 9.97 Å². The lowest BCUT2D eigenvalue weighted by atomic mass is 10.1. The third kappa shape index (κ3) is 2.62. The molecule has 0 saturated carbocycles. The van der Waals surface area contributed by atoms with Crippen molar-refractivity contribution in [1.82, 2.24) is 9.97 Å². The van der Waals surface area contributed by atoms with E-state index < -0.39 is 0 Å². The molecule has 2 heterocycles. The molecule has 1 amide bonds. The number of carbonyl (C=O) groups is 1. The first kappa shape index (κ1) is 13.6. The van der Waals surface area contributed by atoms with Gasteiger partial charge in [0.2, 0.25) is 5.91 Å². The van der Waals surface area contributed by atoms with E-state index in [4.69, 9.17) is 5.73 Å². The van der Waals surface area contributed by atoms with E-state index in [2.05, 4.69) is 22.2 Å². The van der Waals surface area contributed by atoms with Crippen LogP contribution in [0.4, 0.5) is 11.6 Å². The summed E-state index contributed by atoms with van der Waals surface area (Å²) >= 11 is 0. The second-order valence-corrected chi connectivity index (χ2v) is 4.66. The van der Waals surface area contributed by atoms with Crippen molar-refractivity contribution in [2.24, 2.45) is 5.73 Å². The SMILES string of the molecule is CCNc1ncnc(N2CCCC2C(N)=O)c1CC. The van der Waals surface area contributed by atoms with Gasteiger partial charge in [0, 0.05) is 18.7 Å². The second kappa shape index (κ2) is 5.86. The summed E-state index contributed by atoms with van der Waals surface area (Å²) in [7, 11) is 0. The van der Waals surface area contributed by atoms with Crippen molar-refractivity contribution in [2.75, 3.05) is 23.3 Å². The van der Waals surface area contributed by atoms with Crippen LogP contribution in [-0.4, -0.2) is 35.0 Å². The van der Waals surface area contributed by atoms with Crippen molar-refractivity contribution in [2.45, 2.75) is 39.2 Å². The largest absolute Gasteiger partial charge is 0.370 e. The number of rotatable bonds is 5. The van der Waals surface area contributed by atoms with Crippen LogP contribution < -0.4 is 16.0 Å². The minimum Gasteiger partial charge on any atom is -0.370 e. The van der Waals surface area contributed by atoms with Crippen LogP contribution in [0.25, 0.3) is 0 Å². The number of hydrogen-bond acceptors (Lipinski definition) is 5. The molecule has 0 radical (unpaired) electrons. The quantitative estimate of drug-likeness (QED) is 0.825. The average Bonchev–Trinajstić information content (AvgIpc) is 2.88. The number of primary amides is 1. The van der Waals surface area contributed by atoms with Gasteiger partial charge >= 0.3 is 0 Å². The van der Waals surface area contributed by atoms with Crippen molar-refractivity contribution in [3.05, 3.63) is 11.9 Å². The molecule has 3 N–H and O–H groups in total. The summed E-state index contributed by atoms with van der Waals surface area (Å²) < 4.78 is 0. The third-order valence-corrected chi connectivity index (χ3v) is 3.47. The van der Waals surface area contributed by atoms with E-state index in [-0.39, 0.29) is 11.9 Å². The number of hydrogen-bond donors (Lipinski definition) is 2. The van der Waals surface area contributed by atoms with Crippen molar-refractivity contribution < 1.29 is 4.79 Å². The minimum absolute atomic E-state index is 0.241. The molecule has 1 aliphatic heterocycles. The lowest BCUT2D eigenvalue weighted by molar-refractivity contribution is -0.119. The molecular weight excluding hydrogens is 242 g/mol. The highest BCUT2D eigenvalue weighted by Gasteiger charge is 2.31. The summed E-state index contributed by atoms with van der Waals surface area (Å²) in [6.07, 6.45) is 4.14. The summed E-state index contributed by atoms with van der Waals surface area (Å²) in [5.41, 5.74) is 6.53. The predicted molar refractivity (Wildman–Crippen MR) is 75.1 cm³/mol. The Labute approximate surface area is 113 Å². The highest BCUT2D eigenvalue weighted by molar-refractivity contribution is 5.84. The Morgan fingerprint density at radius 2 is 2.32 bits per heavy atom. The molecule has 0 aliphatic carbocycles. The molecule has 1 aromatic rings. The fourth-order valence-electron chi connectivity index (χ4n) is 2.61. The first-order valence-corrected chi connectivity index (χ1v) is 6.82. The Balaban J connectivity index is 2.38. The number of nitrogens with one attached hydrogen (secondary N) is 1. The zero-order valence-electron chi connectivity index (χ0n) is 11.5. The lowest BCUT2D eigenvalue weighted by Gasteiger charge is -2.26. The molecule has 1 aromatic heterocycles. The van der Waals surface area contributed by atoms with Crippen LogP contribution >= 0.6 is 0 Å². The molecule has 1 atom stereocenters. The Hall–Kier alpha value is -1.85. The number of carbonyl (C=O) groups excluding carboxylic acids is 1. The molecule has 0 bridgehead atoms. The van der Waals surface area contributed by atoms with Crippen LogP contribution in [0.2, 0.25) is 0 Å². The molecule has 0 aromatic carbocycles. The van der Waals surface area contributed by atoms with Gasteiger partial charge in [-0.05, 0) is 26.2 Å². The Kier molecular flexibility index (Phi) is 4.19. The maximum atomic E-state index is 11.5. The van der Waals surface area contributed by atoms with Crippen molar-refractivity contribution >= 4 is 17.5 Å². The Morgan fingerprint density at radius 1 is 1.53 bits per heavy atom. The number of amides is 1. The Bertz CT molecular complexity index is 462. The molecule has 6 nitrogen and oxygen atoms in total. The lowest BCUT2D eigenvalue weighted by Crippen LogP contribution is -2.41. The molecular formula is C13H21N5O. The number of nitrogens with zero attached hydrogens (tertiary/aromatic N) is 3. The van der Waals surface area contributed by atoms with Crippen LogP contribution in [0.3, 0.4) is 0 Å². The molecule has 1 unspecified atom stereocenters. The summed E-state index contributed by atoms with van der Waals surface area (Å²) in [5.74, 6) is 1.42. The van der Waals surface area contributed by atoms with Crippen LogP contribution in [-0.2, 0) is 11.2 Å². The van der Waals surface area contributed by atoms with Gasteiger partial charge in [0.25, 0.3) is 0 Å². The highest BCUT2D eigenvalue weighted by Crippen LogP contribution is 2.29. The van der Waals surface area contributed by atoms with Crippen molar-refractivity contribution in [3.8, 4) is 0 Å².